The van der Waals surface area contributed by atoms with Crippen molar-refractivity contribution in [3.8, 4) is 5.75 Å². The molecule has 0 aliphatic heterocycles. The zero-order valence-corrected chi connectivity index (χ0v) is 10.4. The van der Waals surface area contributed by atoms with Crippen molar-refractivity contribution in [2.24, 2.45) is 0 Å². The molecule has 0 unspecified atom stereocenters. The molecule has 0 spiro atoms. The topological polar surface area (TPSA) is 48.1 Å². The van der Waals surface area contributed by atoms with Crippen molar-refractivity contribution in [2.75, 3.05) is 5.73 Å². The number of aromatic nitrogens is 1. The first-order chi connectivity index (χ1) is 9.33. The van der Waals surface area contributed by atoms with Gasteiger partial charge in [-0.1, -0.05) is 24.3 Å². The van der Waals surface area contributed by atoms with Crippen LogP contribution in [0.3, 0.4) is 0 Å². The third-order valence-corrected chi connectivity index (χ3v) is 3.02. The van der Waals surface area contributed by atoms with E-state index in [4.69, 9.17) is 10.5 Å². The van der Waals surface area contributed by atoms with Gasteiger partial charge in [0.05, 0.1) is 5.52 Å². The van der Waals surface area contributed by atoms with Crippen molar-refractivity contribution in [2.45, 2.75) is 6.61 Å². The zero-order chi connectivity index (χ0) is 13.1. The molecule has 0 aliphatic rings. The van der Waals surface area contributed by atoms with Gasteiger partial charge in [-0.25, -0.2) is 0 Å². The zero-order valence-electron chi connectivity index (χ0n) is 10.4. The lowest BCUT2D eigenvalue weighted by Gasteiger charge is -2.09. The Kier molecular flexibility index (Phi) is 3.02. The van der Waals surface area contributed by atoms with Crippen molar-refractivity contribution in [1.29, 1.82) is 0 Å². The molecule has 0 aliphatic carbocycles. The number of fused-ring (bicyclic) bond motifs is 1. The van der Waals surface area contributed by atoms with Crippen LogP contribution in [0.2, 0.25) is 0 Å². The SMILES string of the molecule is Nc1ccccc1COc1ccc2ncccc2c1. The Morgan fingerprint density at radius 2 is 1.89 bits per heavy atom. The number of hydrogen-bond donors (Lipinski definition) is 1. The normalized spacial score (nSPS) is 10.5. The molecule has 1 aromatic heterocycles. The fourth-order valence-corrected chi connectivity index (χ4v) is 1.97. The summed E-state index contributed by atoms with van der Waals surface area (Å²) in [6, 6.07) is 17.5. The van der Waals surface area contributed by atoms with Crippen molar-refractivity contribution in [3.05, 3.63) is 66.4 Å². The average Bonchev–Trinajstić information content (AvgIpc) is 2.46. The molecule has 3 nitrogen and oxygen atoms in total. The lowest BCUT2D eigenvalue weighted by Crippen LogP contribution is -1.99. The molecule has 0 bridgehead atoms. The molecule has 0 saturated carbocycles. The van der Waals surface area contributed by atoms with E-state index in [0.717, 1.165) is 27.9 Å². The molecule has 94 valence electrons. The number of ether oxygens (including phenoxy) is 1. The number of anilines is 1. The first kappa shape index (κ1) is 11.5. The van der Waals surface area contributed by atoms with Gasteiger partial charge in [0.15, 0.2) is 0 Å². The van der Waals surface area contributed by atoms with Gasteiger partial charge in [0.2, 0.25) is 0 Å². The second-order valence-corrected chi connectivity index (χ2v) is 4.35. The summed E-state index contributed by atoms with van der Waals surface area (Å²) in [6.45, 7) is 0.471. The van der Waals surface area contributed by atoms with Gasteiger partial charge in [0, 0.05) is 22.8 Å². The van der Waals surface area contributed by atoms with Gasteiger partial charge in [-0.15, -0.1) is 0 Å². The van der Waals surface area contributed by atoms with Gasteiger partial charge in [0.25, 0.3) is 0 Å². The smallest absolute Gasteiger partial charge is 0.120 e. The highest BCUT2D eigenvalue weighted by Gasteiger charge is 2.01. The maximum atomic E-state index is 5.89. The summed E-state index contributed by atoms with van der Waals surface area (Å²) in [7, 11) is 0. The maximum Gasteiger partial charge on any atom is 0.120 e. The largest absolute Gasteiger partial charge is 0.489 e. The van der Waals surface area contributed by atoms with Gasteiger partial charge < -0.3 is 10.5 Å². The third-order valence-electron chi connectivity index (χ3n) is 3.02. The van der Waals surface area contributed by atoms with Crippen LogP contribution in [0.4, 0.5) is 5.69 Å². The first-order valence-electron chi connectivity index (χ1n) is 6.14. The highest BCUT2D eigenvalue weighted by molar-refractivity contribution is 5.79. The van der Waals surface area contributed by atoms with E-state index in [2.05, 4.69) is 4.98 Å². The van der Waals surface area contributed by atoms with Crippen molar-refractivity contribution in [1.82, 2.24) is 4.98 Å². The van der Waals surface area contributed by atoms with E-state index in [9.17, 15) is 0 Å². The Morgan fingerprint density at radius 1 is 1.00 bits per heavy atom. The predicted molar refractivity (Wildman–Crippen MR) is 76.9 cm³/mol. The number of pyridine rings is 1. The van der Waals surface area contributed by atoms with Gasteiger partial charge in [-0.2, -0.15) is 0 Å². The summed E-state index contributed by atoms with van der Waals surface area (Å²) in [5.41, 5.74) is 8.60. The number of rotatable bonds is 3. The van der Waals surface area contributed by atoms with E-state index in [1.807, 2.05) is 54.6 Å². The van der Waals surface area contributed by atoms with Crippen molar-refractivity contribution >= 4 is 16.6 Å². The van der Waals surface area contributed by atoms with Crippen LogP contribution in [0.15, 0.2) is 60.8 Å². The van der Waals surface area contributed by atoms with Crippen LogP contribution in [0, 0.1) is 0 Å². The summed E-state index contributed by atoms with van der Waals surface area (Å²) in [6.07, 6.45) is 1.79. The lowest BCUT2D eigenvalue weighted by atomic mass is 10.2. The van der Waals surface area contributed by atoms with Gasteiger partial charge in [0.1, 0.15) is 12.4 Å². The summed E-state index contributed by atoms with van der Waals surface area (Å²) < 4.78 is 5.77. The molecule has 19 heavy (non-hydrogen) atoms. The van der Waals surface area contributed by atoms with E-state index in [1.54, 1.807) is 6.20 Å². The molecule has 3 rings (SSSR count). The van der Waals surface area contributed by atoms with Crippen LogP contribution in [-0.4, -0.2) is 4.98 Å². The number of hydrogen-bond acceptors (Lipinski definition) is 3. The fourth-order valence-electron chi connectivity index (χ4n) is 1.97. The molecule has 0 radical (unpaired) electrons. The number of nitrogens with two attached hydrogens (primary N) is 1. The Morgan fingerprint density at radius 3 is 2.79 bits per heavy atom. The lowest BCUT2D eigenvalue weighted by molar-refractivity contribution is 0.307. The van der Waals surface area contributed by atoms with Crippen LogP contribution >= 0.6 is 0 Å². The summed E-state index contributed by atoms with van der Waals surface area (Å²) in [4.78, 5) is 4.28. The maximum absolute atomic E-state index is 5.89. The van der Waals surface area contributed by atoms with Crippen LogP contribution in [-0.2, 0) is 6.61 Å². The molecular weight excluding hydrogens is 236 g/mol. The van der Waals surface area contributed by atoms with Gasteiger partial charge in [-0.05, 0) is 30.3 Å². The minimum Gasteiger partial charge on any atom is -0.489 e. The molecule has 0 amide bonds. The van der Waals surface area contributed by atoms with E-state index in [0.29, 0.717) is 6.61 Å². The van der Waals surface area contributed by atoms with Crippen molar-refractivity contribution < 1.29 is 4.74 Å². The molecule has 1 heterocycles. The van der Waals surface area contributed by atoms with Crippen LogP contribution in [0.1, 0.15) is 5.56 Å². The van der Waals surface area contributed by atoms with Gasteiger partial charge >= 0.3 is 0 Å². The fraction of sp³-hybridized carbons (Fsp3) is 0.0625. The molecule has 3 heteroatoms. The average molecular weight is 250 g/mol. The van der Waals surface area contributed by atoms with E-state index < -0.39 is 0 Å². The number of benzene rings is 2. The molecule has 0 atom stereocenters. The van der Waals surface area contributed by atoms with E-state index in [-0.39, 0.29) is 0 Å². The minimum atomic E-state index is 0.471. The Hall–Kier alpha value is -2.55. The van der Waals surface area contributed by atoms with E-state index >= 15 is 0 Å². The molecule has 2 N–H and O–H groups in total. The first-order valence-corrected chi connectivity index (χ1v) is 6.14. The van der Waals surface area contributed by atoms with Crippen LogP contribution in [0.25, 0.3) is 10.9 Å². The van der Waals surface area contributed by atoms with Crippen LogP contribution in [0.5, 0.6) is 5.75 Å². The van der Waals surface area contributed by atoms with E-state index in [1.165, 1.54) is 0 Å². The standard InChI is InChI=1S/C16H14N2O/c17-15-6-2-1-4-13(15)11-19-14-7-8-16-12(10-14)5-3-9-18-16/h1-10H,11,17H2. The molecule has 0 fully saturated rings. The number of nitrogen functional groups attached to an aromatic ring is 1. The predicted octanol–water partition coefficient (Wildman–Crippen LogP) is 3.40. The second kappa shape index (κ2) is 4.98. The number of nitrogens with zero attached hydrogens (tertiary/aromatic N) is 1. The minimum absolute atomic E-state index is 0.471. The Labute approximate surface area is 111 Å². The monoisotopic (exact) mass is 250 g/mol. The number of para-hydroxylation sites is 1. The highest BCUT2D eigenvalue weighted by Crippen LogP contribution is 2.21. The molecule has 0 saturated heterocycles. The Balaban J connectivity index is 1.80. The quantitative estimate of drug-likeness (QED) is 0.725. The molecular formula is C16H14N2O. The van der Waals surface area contributed by atoms with Crippen LogP contribution < -0.4 is 10.5 Å². The summed E-state index contributed by atoms with van der Waals surface area (Å²) in [5.74, 6) is 0.823. The summed E-state index contributed by atoms with van der Waals surface area (Å²) >= 11 is 0. The Bertz CT molecular complexity index is 710. The molecule has 2 aromatic carbocycles. The molecule has 3 aromatic rings. The second-order valence-electron chi connectivity index (χ2n) is 4.35. The van der Waals surface area contributed by atoms with Crippen molar-refractivity contribution in [3.63, 3.8) is 0 Å². The van der Waals surface area contributed by atoms with Gasteiger partial charge in [-0.3, -0.25) is 4.98 Å². The third kappa shape index (κ3) is 2.50. The summed E-state index contributed by atoms with van der Waals surface area (Å²) in [5, 5.41) is 1.07. The highest BCUT2D eigenvalue weighted by atomic mass is 16.5.